The summed E-state index contributed by atoms with van der Waals surface area (Å²) in [5.41, 5.74) is 0.552. The number of hydrogen-bond acceptors (Lipinski definition) is 5. The van der Waals surface area contributed by atoms with E-state index in [1.165, 1.54) is 13.1 Å². The minimum atomic E-state index is -0.784. The molecule has 2 heterocycles. The molecular formula is C12H12N2O4. The van der Waals surface area contributed by atoms with E-state index < -0.39 is 30.2 Å². The standard InChI is InChI=1S/C12H12N2O4/c1-7(16)9-10(8-3-2-4-13-5-8)14(6-15)12(18)11(9)17/h2-5,10,15,17H,6H2,1H3/t10-/m1/s1. The fourth-order valence-corrected chi connectivity index (χ4v) is 2.04. The molecule has 6 nitrogen and oxygen atoms in total. The van der Waals surface area contributed by atoms with Gasteiger partial charge in [-0.3, -0.25) is 14.6 Å². The lowest BCUT2D eigenvalue weighted by Crippen LogP contribution is -2.31. The van der Waals surface area contributed by atoms with Gasteiger partial charge in [0.05, 0.1) is 11.6 Å². The van der Waals surface area contributed by atoms with E-state index in [0.29, 0.717) is 5.56 Å². The van der Waals surface area contributed by atoms with E-state index in [1.807, 2.05) is 0 Å². The molecule has 6 heteroatoms. The maximum atomic E-state index is 11.7. The smallest absolute Gasteiger partial charge is 0.291 e. The third-order valence-corrected chi connectivity index (χ3v) is 2.84. The van der Waals surface area contributed by atoms with E-state index in [9.17, 15) is 19.8 Å². The van der Waals surface area contributed by atoms with Gasteiger partial charge >= 0.3 is 0 Å². The predicted molar refractivity (Wildman–Crippen MR) is 61.2 cm³/mol. The molecule has 0 radical (unpaired) electrons. The van der Waals surface area contributed by atoms with Crippen LogP contribution >= 0.6 is 0 Å². The molecule has 0 saturated carbocycles. The first-order valence-electron chi connectivity index (χ1n) is 5.33. The third-order valence-electron chi connectivity index (χ3n) is 2.84. The van der Waals surface area contributed by atoms with Gasteiger partial charge in [-0.15, -0.1) is 0 Å². The summed E-state index contributed by atoms with van der Waals surface area (Å²) in [7, 11) is 0. The number of nitrogens with zero attached hydrogens (tertiary/aromatic N) is 2. The zero-order valence-electron chi connectivity index (χ0n) is 9.70. The van der Waals surface area contributed by atoms with Gasteiger partial charge in [-0.25, -0.2) is 0 Å². The molecule has 0 saturated heterocycles. The van der Waals surface area contributed by atoms with Crippen LogP contribution in [0.15, 0.2) is 35.9 Å². The minimum Gasteiger partial charge on any atom is -0.503 e. The summed E-state index contributed by atoms with van der Waals surface area (Å²) in [6, 6.07) is 2.55. The first-order valence-corrected chi connectivity index (χ1v) is 5.33. The maximum absolute atomic E-state index is 11.7. The van der Waals surface area contributed by atoms with Crippen molar-refractivity contribution in [2.24, 2.45) is 0 Å². The third kappa shape index (κ3) is 1.76. The fourth-order valence-electron chi connectivity index (χ4n) is 2.04. The average Bonchev–Trinajstić information content (AvgIpc) is 2.63. The average molecular weight is 248 g/mol. The molecule has 0 unspecified atom stereocenters. The topological polar surface area (TPSA) is 90.7 Å². The number of Topliss-reactive ketones (excluding diaryl/α,β-unsaturated/α-hetero) is 1. The molecule has 1 aromatic heterocycles. The second-order valence-electron chi connectivity index (χ2n) is 3.92. The lowest BCUT2D eigenvalue weighted by atomic mass is 9.98. The van der Waals surface area contributed by atoms with Crippen molar-refractivity contribution in [3.63, 3.8) is 0 Å². The Morgan fingerprint density at radius 3 is 2.78 bits per heavy atom. The molecular weight excluding hydrogens is 236 g/mol. The number of rotatable bonds is 3. The molecule has 0 aromatic carbocycles. The van der Waals surface area contributed by atoms with Crippen molar-refractivity contribution in [3.05, 3.63) is 41.4 Å². The number of aliphatic hydroxyl groups is 2. The Balaban J connectivity index is 2.55. The quantitative estimate of drug-likeness (QED) is 0.803. The molecule has 2 rings (SSSR count). The van der Waals surface area contributed by atoms with E-state index in [-0.39, 0.29) is 5.57 Å². The zero-order valence-corrected chi connectivity index (χ0v) is 9.70. The van der Waals surface area contributed by atoms with Gasteiger partial charge in [-0.2, -0.15) is 0 Å². The number of hydrogen-bond donors (Lipinski definition) is 2. The lowest BCUT2D eigenvalue weighted by molar-refractivity contribution is -0.133. The second kappa shape index (κ2) is 4.58. The first-order chi connectivity index (χ1) is 8.57. The van der Waals surface area contributed by atoms with Gasteiger partial charge in [-0.05, 0) is 18.6 Å². The van der Waals surface area contributed by atoms with Crippen LogP contribution in [0.25, 0.3) is 0 Å². The van der Waals surface area contributed by atoms with E-state index in [0.717, 1.165) is 4.90 Å². The maximum Gasteiger partial charge on any atom is 0.291 e. The van der Waals surface area contributed by atoms with Gasteiger partial charge in [-0.1, -0.05) is 6.07 Å². The second-order valence-corrected chi connectivity index (χ2v) is 3.92. The van der Waals surface area contributed by atoms with E-state index in [2.05, 4.69) is 4.98 Å². The van der Waals surface area contributed by atoms with Crippen LogP contribution < -0.4 is 0 Å². The number of aliphatic hydroxyl groups excluding tert-OH is 2. The number of carbonyl (C=O) groups is 2. The van der Waals surface area contributed by atoms with Gasteiger partial charge in [0, 0.05) is 12.4 Å². The minimum absolute atomic E-state index is 0.0120. The van der Waals surface area contributed by atoms with Crippen molar-refractivity contribution >= 4 is 11.7 Å². The molecule has 94 valence electrons. The van der Waals surface area contributed by atoms with Gasteiger partial charge < -0.3 is 15.1 Å². The Labute approximate surface area is 103 Å². The van der Waals surface area contributed by atoms with Crippen LogP contribution in [-0.2, 0) is 9.59 Å². The largest absolute Gasteiger partial charge is 0.503 e. The van der Waals surface area contributed by atoms with Crippen molar-refractivity contribution in [2.45, 2.75) is 13.0 Å². The van der Waals surface area contributed by atoms with E-state index >= 15 is 0 Å². The van der Waals surface area contributed by atoms with Gasteiger partial charge in [0.2, 0.25) is 0 Å². The lowest BCUT2D eigenvalue weighted by Gasteiger charge is -2.23. The van der Waals surface area contributed by atoms with Crippen LogP contribution in [0.4, 0.5) is 0 Å². The number of amides is 1. The molecule has 2 N–H and O–H groups in total. The first kappa shape index (κ1) is 12.3. The number of ketones is 1. The SMILES string of the molecule is CC(=O)C1=C(O)C(=O)N(CO)[C@@H]1c1cccnc1. The highest BCUT2D eigenvalue weighted by molar-refractivity contribution is 6.08. The molecule has 1 aliphatic rings. The summed E-state index contributed by atoms with van der Waals surface area (Å²) < 4.78 is 0. The van der Waals surface area contributed by atoms with Gasteiger partial charge in [0.15, 0.2) is 11.5 Å². The summed E-state index contributed by atoms with van der Waals surface area (Å²) in [4.78, 5) is 28.2. The summed E-state index contributed by atoms with van der Waals surface area (Å²) in [5.74, 6) is -1.77. The zero-order chi connectivity index (χ0) is 13.3. The summed E-state index contributed by atoms with van der Waals surface area (Å²) in [6.07, 6.45) is 3.04. The summed E-state index contributed by atoms with van der Waals surface area (Å²) in [6.45, 7) is 0.683. The molecule has 1 atom stereocenters. The van der Waals surface area contributed by atoms with Crippen LogP contribution in [0.3, 0.4) is 0 Å². The van der Waals surface area contributed by atoms with Gasteiger partial charge in [0.1, 0.15) is 6.73 Å². The summed E-state index contributed by atoms with van der Waals surface area (Å²) >= 11 is 0. The molecule has 0 fully saturated rings. The Bertz CT molecular complexity index is 524. The Morgan fingerprint density at radius 2 is 2.28 bits per heavy atom. The number of pyridine rings is 1. The summed E-state index contributed by atoms with van der Waals surface area (Å²) in [5, 5.41) is 18.9. The van der Waals surface area contributed by atoms with Crippen molar-refractivity contribution in [1.29, 1.82) is 0 Å². The highest BCUT2D eigenvalue weighted by atomic mass is 16.3. The van der Waals surface area contributed by atoms with Crippen LogP contribution in [0.5, 0.6) is 0 Å². The Hall–Kier alpha value is -2.21. The number of aromatic nitrogens is 1. The van der Waals surface area contributed by atoms with E-state index in [4.69, 9.17) is 0 Å². The molecule has 0 aliphatic carbocycles. The van der Waals surface area contributed by atoms with Crippen LogP contribution in [0, 0.1) is 0 Å². The van der Waals surface area contributed by atoms with Gasteiger partial charge in [0.25, 0.3) is 5.91 Å². The number of carbonyl (C=O) groups excluding carboxylic acids is 2. The van der Waals surface area contributed by atoms with Crippen molar-refractivity contribution < 1.29 is 19.8 Å². The molecule has 1 amide bonds. The molecule has 18 heavy (non-hydrogen) atoms. The Kier molecular flexibility index (Phi) is 3.12. The Morgan fingerprint density at radius 1 is 1.56 bits per heavy atom. The normalized spacial score (nSPS) is 19.6. The van der Waals surface area contributed by atoms with Crippen LogP contribution in [0.1, 0.15) is 18.5 Å². The molecule has 0 spiro atoms. The van der Waals surface area contributed by atoms with Crippen LogP contribution in [0.2, 0.25) is 0 Å². The highest BCUT2D eigenvalue weighted by Crippen LogP contribution is 2.36. The predicted octanol–water partition coefficient (Wildman–Crippen LogP) is 0.316. The molecule has 1 aliphatic heterocycles. The molecule has 0 bridgehead atoms. The van der Waals surface area contributed by atoms with Crippen LogP contribution in [-0.4, -0.2) is 38.5 Å². The van der Waals surface area contributed by atoms with Crippen molar-refractivity contribution in [3.8, 4) is 0 Å². The van der Waals surface area contributed by atoms with Crippen molar-refractivity contribution in [1.82, 2.24) is 9.88 Å². The highest BCUT2D eigenvalue weighted by Gasteiger charge is 2.42. The van der Waals surface area contributed by atoms with Crippen molar-refractivity contribution in [2.75, 3.05) is 6.73 Å². The monoisotopic (exact) mass is 248 g/mol. The van der Waals surface area contributed by atoms with E-state index in [1.54, 1.807) is 18.3 Å². The molecule has 1 aromatic rings. The fraction of sp³-hybridized carbons (Fsp3) is 0.250.